The van der Waals surface area contributed by atoms with Crippen molar-refractivity contribution in [1.82, 2.24) is 5.32 Å². The first kappa shape index (κ1) is 31.3. The van der Waals surface area contributed by atoms with Gasteiger partial charge in [0.1, 0.15) is 18.8 Å². The Bertz CT molecular complexity index is 917. The highest BCUT2D eigenvalue weighted by molar-refractivity contribution is 5.82. The SMILES string of the molecule is COC(=O)[C@]1(OC(C)=O)C[C@H](OC(C)=O)[C@H](NC(C)=O)C([C@H](OC(C)=O)[C@@H](COC(C)=O)OC(C)=O)O1. The smallest absolute Gasteiger partial charge is 0.379 e. The summed E-state index contributed by atoms with van der Waals surface area (Å²) in [6.07, 6.45) is -6.98. The molecule has 1 N–H and O–H groups in total. The van der Waals surface area contributed by atoms with Crippen molar-refractivity contribution in [3.8, 4) is 0 Å². The Morgan fingerprint density at radius 1 is 0.865 bits per heavy atom. The van der Waals surface area contributed by atoms with Crippen LogP contribution in [0.3, 0.4) is 0 Å². The molecule has 0 aromatic rings. The largest absolute Gasteiger partial charge is 0.464 e. The van der Waals surface area contributed by atoms with E-state index in [0.29, 0.717) is 0 Å². The Kier molecular flexibility index (Phi) is 11.4. The molecule has 0 bridgehead atoms. The number of carbonyl (C=O) groups excluding carboxylic acids is 7. The second-order valence-corrected chi connectivity index (χ2v) is 8.02. The molecule has 15 nitrogen and oxygen atoms in total. The van der Waals surface area contributed by atoms with Gasteiger partial charge in [-0.15, -0.1) is 0 Å². The van der Waals surface area contributed by atoms with Crippen molar-refractivity contribution < 1.29 is 66.7 Å². The second kappa shape index (κ2) is 13.5. The van der Waals surface area contributed by atoms with E-state index in [0.717, 1.165) is 48.7 Å². The maximum Gasteiger partial charge on any atom is 0.379 e. The van der Waals surface area contributed by atoms with Crippen molar-refractivity contribution in [2.45, 2.75) is 84.2 Å². The van der Waals surface area contributed by atoms with Gasteiger partial charge in [-0.2, -0.15) is 0 Å². The summed E-state index contributed by atoms with van der Waals surface area (Å²) in [4.78, 5) is 84.1. The van der Waals surface area contributed by atoms with Gasteiger partial charge in [-0.05, 0) is 0 Å². The van der Waals surface area contributed by atoms with Crippen LogP contribution < -0.4 is 5.32 Å². The third-order valence-corrected chi connectivity index (χ3v) is 4.80. The van der Waals surface area contributed by atoms with Crippen LogP contribution in [0.2, 0.25) is 0 Å². The fourth-order valence-corrected chi connectivity index (χ4v) is 3.74. The lowest BCUT2D eigenvalue weighted by Gasteiger charge is -2.48. The molecule has 0 saturated carbocycles. The fraction of sp³-hybridized carbons (Fsp3) is 0.682. The van der Waals surface area contributed by atoms with Gasteiger partial charge in [0.25, 0.3) is 0 Å². The van der Waals surface area contributed by atoms with Crippen molar-refractivity contribution in [2.75, 3.05) is 13.7 Å². The topological polar surface area (TPSA) is 196 Å². The van der Waals surface area contributed by atoms with Gasteiger partial charge in [0.05, 0.1) is 19.6 Å². The molecule has 1 heterocycles. The number of esters is 6. The Morgan fingerprint density at radius 3 is 1.89 bits per heavy atom. The molecule has 1 amide bonds. The number of ether oxygens (including phenoxy) is 7. The van der Waals surface area contributed by atoms with Crippen LogP contribution in [0.5, 0.6) is 0 Å². The summed E-state index contributed by atoms with van der Waals surface area (Å²) in [7, 11) is 0.971. The first-order chi connectivity index (χ1) is 17.1. The number of nitrogens with one attached hydrogen (secondary N) is 1. The molecular weight excluding hydrogens is 502 g/mol. The van der Waals surface area contributed by atoms with E-state index in [1.165, 1.54) is 0 Å². The Morgan fingerprint density at radius 2 is 1.46 bits per heavy atom. The molecule has 6 atom stereocenters. The van der Waals surface area contributed by atoms with Crippen LogP contribution in [-0.2, 0) is 66.7 Å². The van der Waals surface area contributed by atoms with E-state index in [1.807, 2.05) is 0 Å². The van der Waals surface area contributed by atoms with Gasteiger partial charge in [-0.3, -0.25) is 28.8 Å². The number of amides is 1. The average Bonchev–Trinajstić information content (AvgIpc) is 2.74. The fourth-order valence-electron chi connectivity index (χ4n) is 3.74. The molecular formula is C22H31NO14. The Balaban J connectivity index is 3.83. The molecule has 37 heavy (non-hydrogen) atoms. The van der Waals surface area contributed by atoms with E-state index in [1.54, 1.807) is 0 Å². The summed E-state index contributed by atoms with van der Waals surface area (Å²) in [6, 6.07) is -1.35. The minimum Gasteiger partial charge on any atom is -0.464 e. The average molecular weight is 533 g/mol. The van der Waals surface area contributed by atoms with Crippen LogP contribution in [0, 0.1) is 0 Å². The monoisotopic (exact) mass is 533 g/mol. The van der Waals surface area contributed by atoms with Crippen LogP contribution in [0.15, 0.2) is 0 Å². The maximum absolute atomic E-state index is 12.8. The Hall–Kier alpha value is -3.75. The molecule has 0 radical (unpaired) electrons. The van der Waals surface area contributed by atoms with E-state index in [4.69, 9.17) is 33.2 Å². The second-order valence-electron chi connectivity index (χ2n) is 8.02. The highest BCUT2D eigenvalue weighted by atomic mass is 16.8. The van der Waals surface area contributed by atoms with Crippen LogP contribution in [-0.4, -0.2) is 91.7 Å². The van der Waals surface area contributed by atoms with Crippen molar-refractivity contribution in [1.29, 1.82) is 0 Å². The van der Waals surface area contributed by atoms with Gasteiger partial charge in [0.15, 0.2) is 12.2 Å². The minimum absolute atomic E-state index is 0.630. The molecule has 1 aliphatic heterocycles. The van der Waals surface area contributed by atoms with Crippen molar-refractivity contribution in [2.24, 2.45) is 0 Å². The van der Waals surface area contributed by atoms with Gasteiger partial charge in [-0.1, -0.05) is 0 Å². The molecule has 1 unspecified atom stereocenters. The molecule has 15 heteroatoms. The van der Waals surface area contributed by atoms with E-state index >= 15 is 0 Å². The predicted molar refractivity (Wildman–Crippen MR) is 117 cm³/mol. The number of carbonyl (C=O) groups is 7. The zero-order valence-corrected chi connectivity index (χ0v) is 21.5. The molecule has 1 saturated heterocycles. The molecule has 0 aliphatic carbocycles. The van der Waals surface area contributed by atoms with E-state index in [-0.39, 0.29) is 0 Å². The lowest BCUT2D eigenvalue weighted by molar-refractivity contribution is -0.304. The van der Waals surface area contributed by atoms with Crippen LogP contribution >= 0.6 is 0 Å². The summed E-state index contributed by atoms with van der Waals surface area (Å²) in [6.45, 7) is 5.60. The summed E-state index contributed by atoms with van der Waals surface area (Å²) >= 11 is 0. The third kappa shape index (κ3) is 9.33. The zero-order chi connectivity index (χ0) is 28.5. The van der Waals surface area contributed by atoms with Crippen LogP contribution in [0.4, 0.5) is 0 Å². The Labute approximate surface area is 212 Å². The predicted octanol–water partition coefficient (Wildman–Crippen LogP) is -0.929. The summed E-state index contributed by atoms with van der Waals surface area (Å²) < 4.78 is 36.6. The van der Waals surface area contributed by atoms with Gasteiger partial charge in [-0.25, -0.2) is 4.79 Å². The van der Waals surface area contributed by atoms with Gasteiger partial charge in [0, 0.05) is 41.5 Å². The van der Waals surface area contributed by atoms with Gasteiger partial charge >= 0.3 is 41.6 Å². The maximum atomic E-state index is 12.8. The minimum atomic E-state index is -2.54. The summed E-state index contributed by atoms with van der Waals surface area (Å²) in [5.41, 5.74) is 0. The van der Waals surface area contributed by atoms with E-state index in [2.05, 4.69) is 5.32 Å². The first-order valence-corrected chi connectivity index (χ1v) is 11.0. The van der Waals surface area contributed by atoms with Crippen LogP contribution in [0.1, 0.15) is 48.0 Å². The molecule has 1 aliphatic rings. The molecule has 0 aromatic carbocycles. The molecule has 1 fully saturated rings. The van der Waals surface area contributed by atoms with Gasteiger partial charge in [0.2, 0.25) is 5.91 Å². The molecule has 1 rings (SSSR count). The molecule has 0 spiro atoms. The number of methoxy groups -OCH3 is 1. The van der Waals surface area contributed by atoms with Crippen molar-refractivity contribution in [3.05, 3.63) is 0 Å². The standard InChI is InChI=1S/C22H31NO14/c1-10(24)23-18-16(33-12(3)26)8-22(21(30)31-7,36-15(6)29)37-20(18)19(35-14(5)28)17(34-13(4)27)9-32-11(2)25/h16-20H,8-9H2,1-7H3,(H,23,24)/t16-,17+,18-,19+,20?,22-/m0/s1. The highest BCUT2D eigenvalue weighted by Gasteiger charge is 2.60. The normalized spacial score (nSPS) is 24.4. The van der Waals surface area contributed by atoms with E-state index < -0.39 is 91.0 Å². The first-order valence-electron chi connectivity index (χ1n) is 11.0. The highest BCUT2D eigenvalue weighted by Crippen LogP contribution is 2.37. The zero-order valence-electron chi connectivity index (χ0n) is 21.5. The molecule has 208 valence electrons. The van der Waals surface area contributed by atoms with Crippen LogP contribution in [0.25, 0.3) is 0 Å². The third-order valence-electron chi connectivity index (χ3n) is 4.80. The summed E-state index contributed by atoms with van der Waals surface area (Å²) in [5, 5.41) is 2.49. The van der Waals surface area contributed by atoms with E-state index in [9.17, 15) is 33.6 Å². The number of hydrogen-bond acceptors (Lipinski definition) is 14. The lowest BCUT2D eigenvalue weighted by Crippen LogP contribution is -2.69. The quantitative estimate of drug-likeness (QED) is 0.267. The van der Waals surface area contributed by atoms with Gasteiger partial charge < -0.3 is 38.5 Å². The lowest BCUT2D eigenvalue weighted by atomic mass is 9.88. The number of hydrogen-bond donors (Lipinski definition) is 1. The number of rotatable bonds is 10. The summed E-state index contributed by atoms with van der Waals surface area (Å²) in [5.74, 6) is -8.84. The molecule has 0 aromatic heterocycles. The van der Waals surface area contributed by atoms with Crippen molar-refractivity contribution >= 4 is 41.7 Å². The van der Waals surface area contributed by atoms with Crippen molar-refractivity contribution in [3.63, 3.8) is 0 Å².